The Hall–Kier alpha value is -0.580. The van der Waals surface area contributed by atoms with E-state index in [2.05, 4.69) is 0 Å². The van der Waals surface area contributed by atoms with Crippen LogP contribution in [-0.4, -0.2) is 25.0 Å². The third-order valence-electron chi connectivity index (χ3n) is 3.15. The molecule has 3 nitrogen and oxygen atoms in total. The van der Waals surface area contributed by atoms with E-state index in [0.717, 1.165) is 0 Å². The first-order chi connectivity index (χ1) is 7.98. The van der Waals surface area contributed by atoms with Gasteiger partial charge in [-0.05, 0) is 30.4 Å². The molecule has 1 N–H and O–H groups in total. The quantitative estimate of drug-likeness (QED) is 0.919. The number of rotatable bonds is 3. The summed E-state index contributed by atoms with van der Waals surface area (Å²) in [5, 5.41) is 10.6. The molecule has 0 saturated carbocycles. The van der Waals surface area contributed by atoms with Crippen molar-refractivity contribution in [3.63, 3.8) is 0 Å². The van der Waals surface area contributed by atoms with Gasteiger partial charge in [0.05, 0.1) is 17.6 Å². The van der Waals surface area contributed by atoms with Gasteiger partial charge in [-0.3, -0.25) is 0 Å². The molecule has 1 heterocycles. The fourth-order valence-electron chi connectivity index (χ4n) is 2.25. The molecule has 1 saturated heterocycles. The molecule has 0 aromatic heterocycles. The first-order valence-corrected chi connectivity index (χ1v) is 7.81. The van der Waals surface area contributed by atoms with Crippen LogP contribution in [0.1, 0.15) is 24.5 Å². The zero-order chi connectivity index (χ0) is 12.5. The molecule has 1 aromatic rings. The number of hydrogen-bond acceptors (Lipinski definition) is 3. The van der Waals surface area contributed by atoms with E-state index in [0.29, 0.717) is 23.4 Å². The SMILES string of the molecule is O=S1(=O)CCC(CC(O)c2ccccc2Cl)C1. The van der Waals surface area contributed by atoms with Gasteiger partial charge in [-0.15, -0.1) is 0 Å². The summed E-state index contributed by atoms with van der Waals surface area (Å²) in [7, 11) is -2.88. The van der Waals surface area contributed by atoms with Crippen LogP contribution in [0.15, 0.2) is 24.3 Å². The lowest BCUT2D eigenvalue weighted by Gasteiger charge is -2.15. The Morgan fingerprint density at radius 1 is 1.41 bits per heavy atom. The molecule has 1 fully saturated rings. The molecule has 2 unspecified atom stereocenters. The van der Waals surface area contributed by atoms with Gasteiger partial charge in [-0.25, -0.2) is 8.42 Å². The smallest absolute Gasteiger partial charge is 0.150 e. The number of sulfone groups is 1. The van der Waals surface area contributed by atoms with Crippen LogP contribution < -0.4 is 0 Å². The van der Waals surface area contributed by atoms with E-state index >= 15 is 0 Å². The van der Waals surface area contributed by atoms with Crippen LogP contribution in [0, 0.1) is 5.92 Å². The molecule has 1 aromatic carbocycles. The second kappa shape index (κ2) is 4.96. The maximum Gasteiger partial charge on any atom is 0.150 e. The molecule has 17 heavy (non-hydrogen) atoms. The molecule has 2 atom stereocenters. The Bertz CT molecular complexity index is 498. The van der Waals surface area contributed by atoms with E-state index in [1.165, 1.54) is 0 Å². The van der Waals surface area contributed by atoms with Crippen molar-refractivity contribution in [2.24, 2.45) is 5.92 Å². The summed E-state index contributed by atoms with van der Waals surface area (Å²) >= 11 is 5.98. The maximum atomic E-state index is 11.3. The summed E-state index contributed by atoms with van der Waals surface area (Å²) in [6, 6.07) is 7.12. The van der Waals surface area contributed by atoms with E-state index in [1.54, 1.807) is 18.2 Å². The van der Waals surface area contributed by atoms with Crippen LogP contribution in [0.25, 0.3) is 0 Å². The summed E-state index contributed by atoms with van der Waals surface area (Å²) in [5.74, 6) is 0.479. The Kier molecular flexibility index (Phi) is 3.76. The van der Waals surface area contributed by atoms with E-state index in [1.807, 2.05) is 6.07 Å². The van der Waals surface area contributed by atoms with Crippen LogP contribution in [0.5, 0.6) is 0 Å². The van der Waals surface area contributed by atoms with Crippen molar-refractivity contribution in [3.05, 3.63) is 34.9 Å². The minimum atomic E-state index is -2.88. The molecule has 0 amide bonds. The van der Waals surface area contributed by atoms with Crippen molar-refractivity contribution in [2.75, 3.05) is 11.5 Å². The Labute approximate surface area is 106 Å². The number of halogens is 1. The highest BCUT2D eigenvalue weighted by Crippen LogP contribution is 2.31. The third kappa shape index (κ3) is 3.21. The maximum absolute atomic E-state index is 11.3. The van der Waals surface area contributed by atoms with Crippen molar-refractivity contribution in [1.29, 1.82) is 0 Å². The van der Waals surface area contributed by atoms with E-state index < -0.39 is 15.9 Å². The third-order valence-corrected chi connectivity index (χ3v) is 5.33. The number of hydrogen-bond donors (Lipinski definition) is 1. The van der Waals surface area contributed by atoms with Crippen LogP contribution in [0.2, 0.25) is 5.02 Å². The molecule has 5 heteroatoms. The molecule has 0 bridgehead atoms. The largest absolute Gasteiger partial charge is 0.388 e. The second-order valence-corrected chi connectivity index (χ2v) is 7.18. The second-order valence-electron chi connectivity index (χ2n) is 4.54. The lowest BCUT2D eigenvalue weighted by molar-refractivity contribution is 0.149. The van der Waals surface area contributed by atoms with Crippen molar-refractivity contribution in [2.45, 2.75) is 18.9 Å². The average Bonchev–Trinajstić information content (AvgIpc) is 2.58. The Balaban J connectivity index is 2.03. The lowest BCUT2D eigenvalue weighted by Crippen LogP contribution is -2.09. The monoisotopic (exact) mass is 274 g/mol. The summed E-state index contributed by atoms with van der Waals surface area (Å²) in [6.07, 6.45) is 0.425. The zero-order valence-electron chi connectivity index (χ0n) is 9.34. The Morgan fingerprint density at radius 2 is 2.12 bits per heavy atom. The number of aliphatic hydroxyl groups is 1. The molecule has 0 spiro atoms. The zero-order valence-corrected chi connectivity index (χ0v) is 10.9. The highest BCUT2D eigenvalue weighted by Gasteiger charge is 2.29. The lowest BCUT2D eigenvalue weighted by atomic mass is 9.96. The normalized spacial score (nSPS) is 24.7. The van der Waals surface area contributed by atoms with Gasteiger partial charge >= 0.3 is 0 Å². The van der Waals surface area contributed by atoms with Crippen molar-refractivity contribution in [3.8, 4) is 0 Å². The number of benzene rings is 1. The van der Waals surface area contributed by atoms with Crippen molar-refractivity contribution in [1.82, 2.24) is 0 Å². The summed E-state index contributed by atoms with van der Waals surface area (Å²) in [6.45, 7) is 0. The van der Waals surface area contributed by atoms with E-state index in [-0.39, 0.29) is 17.4 Å². The molecule has 2 rings (SSSR count). The molecule has 0 radical (unpaired) electrons. The van der Waals surface area contributed by atoms with E-state index in [9.17, 15) is 13.5 Å². The van der Waals surface area contributed by atoms with Gasteiger partial charge in [0.15, 0.2) is 9.84 Å². The van der Waals surface area contributed by atoms with Crippen molar-refractivity contribution >= 4 is 21.4 Å². The van der Waals surface area contributed by atoms with Gasteiger partial charge in [0.25, 0.3) is 0 Å². The summed E-state index contributed by atoms with van der Waals surface area (Å²) in [5.41, 5.74) is 0.679. The minimum Gasteiger partial charge on any atom is -0.388 e. The average molecular weight is 275 g/mol. The molecule has 0 aliphatic carbocycles. The van der Waals surface area contributed by atoms with Gasteiger partial charge in [-0.1, -0.05) is 29.8 Å². The number of aliphatic hydroxyl groups excluding tert-OH is 1. The van der Waals surface area contributed by atoms with Gasteiger partial charge in [-0.2, -0.15) is 0 Å². The molecular weight excluding hydrogens is 260 g/mol. The fourth-order valence-corrected chi connectivity index (χ4v) is 4.39. The standard InChI is InChI=1S/C12H15ClO3S/c13-11-4-2-1-3-10(11)12(14)7-9-5-6-17(15,16)8-9/h1-4,9,12,14H,5-8H2. The van der Waals surface area contributed by atoms with Gasteiger partial charge < -0.3 is 5.11 Å². The topological polar surface area (TPSA) is 54.4 Å². The van der Waals surface area contributed by atoms with Crippen LogP contribution in [0.3, 0.4) is 0 Å². The Morgan fingerprint density at radius 3 is 2.71 bits per heavy atom. The highest BCUT2D eigenvalue weighted by molar-refractivity contribution is 7.91. The van der Waals surface area contributed by atoms with Crippen LogP contribution >= 0.6 is 11.6 Å². The van der Waals surface area contributed by atoms with Crippen LogP contribution in [0.4, 0.5) is 0 Å². The summed E-state index contributed by atoms with van der Waals surface area (Å²) in [4.78, 5) is 0. The molecule has 1 aliphatic rings. The van der Waals surface area contributed by atoms with Gasteiger partial charge in [0, 0.05) is 5.02 Å². The first kappa shape index (κ1) is 12.9. The predicted octanol–water partition coefficient (Wildman–Crippen LogP) is 2.20. The molecule has 94 valence electrons. The predicted molar refractivity (Wildman–Crippen MR) is 67.8 cm³/mol. The van der Waals surface area contributed by atoms with E-state index in [4.69, 9.17) is 11.6 Å². The fraction of sp³-hybridized carbons (Fsp3) is 0.500. The van der Waals surface area contributed by atoms with Gasteiger partial charge in [0.2, 0.25) is 0 Å². The van der Waals surface area contributed by atoms with Crippen LogP contribution in [-0.2, 0) is 9.84 Å². The summed E-state index contributed by atoms with van der Waals surface area (Å²) < 4.78 is 22.6. The highest BCUT2D eigenvalue weighted by atomic mass is 35.5. The van der Waals surface area contributed by atoms with Gasteiger partial charge in [0.1, 0.15) is 0 Å². The molecule has 1 aliphatic heterocycles. The molecular formula is C12H15ClO3S. The van der Waals surface area contributed by atoms with Crippen molar-refractivity contribution < 1.29 is 13.5 Å². The minimum absolute atomic E-state index is 0.0475. The first-order valence-electron chi connectivity index (χ1n) is 5.61.